The molecule has 0 aliphatic heterocycles. The van der Waals surface area contributed by atoms with Crippen LogP contribution in [0.15, 0.2) is 24.3 Å². The Bertz CT molecular complexity index is 398. The normalized spacial score (nSPS) is 9.71. The quantitative estimate of drug-likeness (QED) is 0.767. The number of rotatable bonds is 8. The molecule has 1 amide bonds. The lowest BCUT2D eigenvalue weighted by Gasteiger charge is -2.17. The molecule has 0 atom stereocenters. The van der Waals surface area contributed by atoms with Gasteiger partial charge in [-0.3, -0.25) is 9.69 Å². The molecule has 0 unspecified atom stereocenters. The highest BCUT2D eigenvalue weighted by Crippen LogP contribution is 2.10. The molecule has 0 heterocycles. The zero-order valence-electron chi connectivity index (χ0n) is 13.0. The van der Waals surface area contributed by atoms with E-state index in [-0.39, 0.29) is 30.7 Å². The van der Waals surface area contributed by atoms with Crippen LogP contribution in [0.25, 0.3) is 0 Å². The Morgan fingerprint density at radius 3 is 2.38 bits per heavy atom. The summed E-state index contributed by atoms with van der Waals surface area (Å²) in [5, 5.41) is 6.22. The zero-order chi connectivity index (χ0) is 14.1. The average molecular weight is 336 g/mol. The van der Waals surface area contributed by atoms with Crippen molar-refractivity contribution in [1.82, 2.24) is 10.2 Å². The van der Waals surface area contributed by atoms with Crippen molar-refractivity contribution in [3.8, 4) is 0 Å². The predicted molar refractivity (Wildman–Crippen MR) is 94.7 cm³/mol. The molecule has 0 aliphatic carbocycles. The molecule has 0 saturated heterocycles. The monoisotopic (exact) mass is 335 g/mol. The van der Waals surface area contributed by atoms with Gasteiger partial charge in [-0.05, 0) is 37.3 Å². The number of hydrogen-bond acceptors (Lipinski definition) is 3. The van der Waals surface area contributed by atoms with Gasteiger partial charge in [0, 0.05) is 12.2 Å². The summed E-state index contributed by atoms with van der Waals surface area (Å²) in [5.74, 6) is 0.0456. The number of anilines is 1. The average Bonchev–Trinajstić information content (AvgIpc) is 2.43. The third-order valence-electron chi connectivity index (χ3n) is 3.05. The molecule has 0 radical (unpaired) electrons. The number of halogens is 2. The van der Waals surface area contributed by atoms with Gasteiger partial charge in [0.1, 0.15) is 0 Å². The molecule has 0 saturated carbocycles. The molecule has 0 aromatic heterocycles. The molecule has 21 heavy (non-hydrogen) atoms. The van der Waals surface area contributed by atoms with E-state index in [9.17, 15) is 4.79 Å². The van der Waals surface area contributed by atoms with Gasteiger partial charge in [-0.15, -0.1) is 24.8 Å². The minimum atomic E-state index is 0. The molecule has 0 bridgehead atoms. The van der Waals surface area contributed by atoms with Gasteiger partial charge in [-0.2, -0.15) is 0 Å². The van der Waals surface area contributed by atoms with E-state index in [2.05, 4.69) is 42.4 Å². The molecule has 1 rings (SSSR count). The van der Waals surface area contributed by atoms with E-state index in [4.69, 9.17) is 0 Å². The minimum Gasteiger partial charge on any atom is -0.325 e. The summed E-state index contributed by atoms with van der Waals surface area (Å²) in [4.78, 5) is 14.0. The predicted octanol–water partition coefficient (Wildman–Crippen LogP) is 2.92. The standard InChI is InChI=1S/C15H25N3O.2ClH/c1-4-16-11-13-8-7-9-14(10-13)17-15(19)12-18(5-2)6-3;;/h7-10,16H,4-6,11-12H2,1-3H3,(H,17,19);2*1H. The summed E-state index contributed by atoms with van der Waals surface area (Å²) in [6, 6.07) is 7.97. The summed E-state index contributed by atoms with van der Waals surface area (Å²) in [7, 11) is 0. The van der Waals surface area contributed by atoms with Crippen molar-refractivity contribution in [2.75, 3.05) is 31.5 Å². The summed E-state index contributed by atoms with van der Waals surface area (Å²) >= 11 is 0. The lowest BCUT2D eigenvalue weighted by Crippen LogP contribution is -2.32. The van der Waals surface area contributed by atoms with Gasteiger partial charge >= 0.3 is 0 Å². The van der Waals surface area contributed by atoms with Crippen LogP contribution in [0, 0.1) is 0 Å². The van der Waals surface area contributed by atoms with E-state index >= 15 is 0 Å². The molecular formula is C15H27Cl2N3O. The fraction of sp³-hybridized carbons (Fsp3) is 0.533. The smallest absolute Gasteiger partial charge is 0.238 e. The first-order valence-electron chi connectivity index (χ1n) is 7.01. The third kappa shape index (κ3) is 8.94. The van der Waals surface area contributed by atoms with Crippen LogP contribution in [-0.2, 0) is 11.3 Å². The Hall–Kier alpha value is -0.810. The number of benzene rings is 1. The van der Waals surface area contributed by atoms with E-state index in [1.54, 1.807) is 0 Å². The maximum absolute atomic E-state index is 11.9. The van der Waals surface area contributed by atoms with E-state index in [0.717, 1.165) is 31.9 Å². The largest absolute Gasteiger partial charge is 0.325 e. The van der Waals surface area contributed by atoms with Crippen molar-refractivity contribution in [3.05, 3.63) is 29.8 Å². The highest BCUT2D eigenvalue weighted by Gasteiger charge is 2.07. The molecular weight excluding hydrogens is 309 g/mol. The fourth-order valence-electron chi connectivity index (χ4n) is 1.88. The Morgan fingerprint density at radius 1 is 1.14 bits per heavy atom. The molecule has 0 spiro atoms. The number of amides is 1. The van der Waals surface area contributed by atoms with Crippen molar-refractivity contribution >= 4 is 36.4 Å². The van der Waals surface area contributed by atoms with E-state index in [1.807, 2.05) is 18.2 Å². The van der Waals surface area contributed by atoms with E-state index in [0.29, 0.717) is 6.54 Å². The van der Waals surface area contributed by atoms with E-state index in [1.165, 1.54) is 5.56 Å². The number of nitrogens with zero attached hydrogens (tertiary/aromatic N) is 1. The van der Waals surface area contributed by atoms with Crippen LogP contribution in [0.5, 0.6) is 0 Å². The van der Waals surface area contributed by atoms with Gasteiger partial charge < -0.3 is 10.6 Å². The molecule has 2 N–H and O–H groups in total. The van der Waals surface area contributed by atoms with E-state index < -0.39 is 0 Å². The van der Waals surface area contributed by atoms with Gasteiger partial charge in [-0.1, -0.05) is 32.9 Å². The van der Waals surface area contributed by atoms with Crippen molar-refractivity contribution in [3.63, 3.8) is 0 Å². The molecule has 0 aliphatic rings. The number of carbonyl (C=O) groups excluding carboxylic acids is 1. The number of nitrogens with one attached hydrogen (secondary N) is 2. The second-order valence-electron chi connectivity index (χ2n) is 4.49. The molecule has 1 aromatic carbocycles. The van der Waals surface area contributed by atoms with Crippen LogP contribution in [0.3, 0.4) is 0 Å². The van der Waals surface area contributed by atoms with Crippen molar-refractivity contribution < 1.29 is 4.79 Å². The van der Waals surface area contributed by atoms with Gasteiger partial charge in [0.25, 0.3) is 0 Å². The third-order valence-corrected chi connectivity index (χ3v) is 3.05. The van der Waals surface area contributed by atoms with Gasteiger partial charge in [-0.25, -0.2) is 0 Å². The molecule has 6 heteroatoms. The summed E-state index contributed by atoms with van der Waals surface area (Å²) in [6.45, 7) is 10.2. The second kappa shape index (κ2) is 12.9. The number of carbonyl (C=O) groups is 1. The summed E-state index contributed by atoms with van der Waals surface area (Å²) in [5.41, 5.74) is 2.05. The summed E-state index contributed by atoms with van der Waals surface area (Å²) < 4.78 is 0. The van der Waals surface area contributed by atoms with Crippen molar-refractivity contribution in [2.45, 2.75) is 27.3 Å². The van der Waals surface area contributed by atoms with Crippen LogP contribution in [0.4, 0.5) is 5.69 Å². The molecule has 122 valence electrons. The number of hydrogen-bond donors (Lipinski definition) is 2. The van der Waals surface area contributed by atoms with Crippen LogP contribution in [0.1, 0.15) is 26.3 Å². The highest BCUT2D eigenvalue weighted by molar-refractivity contribution is 5.92. The zero-order valence-corrected chi connectivity index (χ0v) is 14.6. The summed E-state index contributed by atoms with van der Waals surface area (Å²) in [6.07, 6.45) is 0. The Kier molecular flexibility index (Phi) is 13.8. The molecule has 4 nitrogen and oxygen atoms in total. The van der Waals surface area contributed by atoms with Crippen molar-refractivity contribution in [1.29, 1.82) is 0 Å². The van der Waals surface area contributed by atoms with Gasteiger partial charge in [0.05, 0.1) is 6.54 Å². The Labute approximate surface area is 140 Å². The minimum absolute atomic E-state index is 0. The second-order valence-corrected chi connectivity index (χ2v) is 4.49. The number of likely N-dealkylation sites (N-methyl/N-ethyl adjacent to an activating group) is 1. The SMILES string of the molecule is CCNCc1cccc(NC(=O)CN(CC)CC)c1.Cl.Cl. The first-order chi connectivity index (χ1) is 9.19. The van der Waals surface area contributed by atoms with Crippen LogP contribution in [0.2, 0.25) is 0 Å². The maximum Gasteiger partial charge on any atom is 0.238 e. The van der Waals surface area contributed by atoms with Crippen molar-refractivity contribution in [2.24, 2.45) is 0 Å². The maximum atomic E-state index is 11.9. The first-order valence-corrected chi connectivity index (χ1v) is 7.01. The lowest BCUT2D eigenvalue weighted by atomic mass is 10.2. The van der Waals surface area contributed by atoms with Crippen LogP contribution in [-0.4, -0.2) is 37.0 Å². The first kappa shape index (κ1) is 22.5. The molecule has 0 fully saturated rings. The highest BCUT2D eigenvalue weighted by atomic mass is 35.5. The Morgan fingerprint density at radius 2 is 1.81 bits per heavy atom. The fourth-order valence-corrected chi connectivity index (χ4v) is 1.88. The van der Waals surface area contributed by atoms with Crippen LogP contribution >= 0.6 is 24.8 Å². The Balaban J connectivity index is 0. The van der Waals surface area contributed by atoms with Crippen LogP contribution < -0.4 is 10.6 Å². The van der Waals surface area contributed by atoms with Gasteiger partial charge in [0.15, 0.2) is 0 Å². The lowest BCUT2D eigenvalue weighted by molar-refractivity contribution is -0.117. The molecule has 1 aromatic rings. The van der Waals surface area contributed by atoms with Gasteiger partial charge in [0.2, 0.25) is 5.91 Å². The topological polar surface area (TPSA) is 44.4 Å².